The van der Waals surface area contributed by atoms with Gasteiger partial charge in [0.1, 0.15) is 17.3 Å². The number of alkyl halides is 2. The van der Waals surface area contributed by atoms with Gasteiger partial charge in [-0.05, 0) is 30.5 Å². The Kier molecular flexibility index (Phi) is 3.90. The summed E-state index contributed by atoms with van der Waals surface area (Å²) in [5, 5.41) is 7.02. The van der Waals surface area contributed by atoms with Gasteiger partial charge in [-0.15, -0.1) is 0 Å². The van der Waals surface area contributed by atoms with Gasteiger partial charge in [0, 0.05) is 13.1 Å². The average molecular weight is 352 g/mol. The molecule has 0 bridgehead atoms. The lowest BCUT2D eigenvalue weighted by atomic mass is 9.95. The smallest absolute Gasteiger partial charge is 0.335 e. The van der Waals surface area contributed by atoms with E-state index in [-0.39, 0.29) is 11.5 Å². The molecule has 1 aromatic carbocycles. The summed E-state index contributed by atoms with van der Waals surface area (Å²) in [6.07, 6.45) is -1.59. The van der Waals surface area contributed by atoms with E-state index in [2.05, 4.69) is 16.0 Å². The molecule has 2 aromatic rings. The molecule has 1 aromatic heterocycles. The van der Waals surface area contributed by atoms with Crippen LogP contribution in [0.25, 0.3) is 0 Å². The van der Waals surface area contributed by atoms with Crippen LogP contribution in [0.1, 0.15) is 41.0 Å². The lowest BCUT2D eigenvalue weighted by molar-refractivity contribution is 0.0370. The summed E-state index contributed by atoms with van der Waals surface area (Å²) < 4.78 is 47.2. The third-order valence-electron chi connectivity index (χ3n) is 4.17. The molecule has 0 unspecified atom stereocenters. The molecule has 25 heavy (non-hydrogen) atoms. The molecule has 2 N–H and O–H groups in total. The third kappa shape index (κ3) is 3.21. The van der Waals surface area contributed by atoms with Gasteiger partial charge >= 0.3 is 5.97 Å². The summed E-state index contributed by atoms with van der Waals surface area (Å²) in [7, 11) is 1.28. The molecule has 132 valence electrons. The molecule has 0 saturated heterocycles. The summed E-state index contributed by atoms with van der Waals surface area (Å²) in [6, 6.07) is 6.78. The van der Waals surface area contributed by atoms with Gasteiger partial charge in [0.25, 0.3) is 6.43 Å². The van der Waals surface area contributed by atoms with Crippen molar-refractivity contribution in [3.63, 3.8) is 0 Å². The van der Waals surface area contributed by atoms with Crippen LogP contribution in [0.4, 0.5) is 13.2 Å². The number of hydrogen-bond donors (Lipinski definition) is 2. The molecule has 1 saturated carbocycles. The van der Waals surface area contributed by atoms with Crippen LogP contribution in [0.2, 0.25) is 1.41 Å². The number of carbonyl (C=O) groups is 1. The Hall–Kier alpha value is -2.84. The van der Waals surface area contributed by atoms with Gasteiger partial charge in [-0.3, -0.25) is 10.1 Å². The van der Waals surface area contributed by atoms with Crippen LogP contribution in [-0.4, -0.2) is 21.6 Å². The minimum Gasteiger partial charge on any atom is -0.335 e. The Morgan fingerprint density at radius 3 is 2.80 bits per heavy atom. The second-order valence-corrected chi connectivity index (χ2v) is 5.81. The second-order valence-electron chi connectivity index (χ2n) is 5.81. The number of halogens is 3. The van der Waals surface area contributed by atoms with Gasteiger partial charge in [0.15, 0.2) is 7.11 Å². The van der Waals surface area contributed by atoms with Crippen LogP contribution in [-0.2, 0) is 17.3 Å². The molecular formula is C16H15F3N4O2. The molecule has 0 amide bonds. The molecule has 9 heteroatoms. The largest absolute Gasteiger partial charge is 0.383 e. The minimum absolute atomic E-state index is 0.0291. The zero-order chi connectivity index (χ0) is 18.9. The van der Waals surface area contributed by atoms with E-state index >= 15 is 0 Å². The van der Waals surface area contributed by atoms with Crippen molar-refractivity contribution in [1.82, 2.24) is 15.3 Å². The van der Waals surface area contributed by atoms with E-state index in [9.17, 15) is 18.0 Å². The number of aryl methyl sites for hydroxylation is 1. The van der Waals surface area contributed by atoms with Crippen LogP contribution in [0, 0.1) is 11.2 Å². The number of nitrogens with zero attached hydrogens (tertiary/aromatic N) is 2. The van der Waals surface area contributed by atoms with Crippen molar-refractivity contribution in [2.75, 3.05) is 0 Å². The molecule has 1 aliphatic rings. The molecule has 0 radical (unpaired) electrons. The van der Waals surface area contributed by atoms with Gasteiger partial charge in [0.05, 0.1) is 5.41 Å². The summed E-state index contributed by atoms with van der Waals surface area (Å²) in [6.45, 7) is 0. The first-order chi connectivity index (χ1) is 12.4. The van der Waals surface area contributed by atoms with Crippen LogP contribution >= 0.6 is 0 Å². The van der Waals surface area contributed by atoms with Crippen molar-refractivity contribution in [3.8, 4) is 0 Å². The summed E-state index contributed by atoms with van der Waals surface area (Å²) in [5.41, 5.74) is 1.43. The fourth-order valence-electron chi connectivity index (χ4n) is 2.60. The monoisotopic (exact) mass is 352 g/mol. The summed E-state index contributed by atoms with van der Waals surface area (Å²) in [5.74, 6) is -1.40. The van der Waals surface area contributed by atoms with Crippen molar-refractivity contribution in [1.29, 1.82) is 5.40 Å². The van der Waals surface area contributed by atoms with E-state index < -0.39 is 29.3 Å². The molecular weight excluding hydrogens is 337 g/mol. The topological polar surface area (TPSA) is 80.0 Å². The Morgan fingerprint density at radius 1 is 1.48 bits per heavy atom. The van der Waals surface area contributed by atoms with Gasteiger partial charge in [-0.25, -0.2) is 23.4 Å². The zero-order valence-electron chi connectivity index (χ0n) is 14.2. The molecule has 0 atom stereocenters. The summed E-state index contributed by atoms with van der Waals surface area (Å²) >= 11 is 0. The Morgan fingerprint density at radius 2 is 2.24 bits per heavy atom. The first-order valence-electron chi connectivity index (χ1n) is 7.90. The first kappa shape index (κ1) is 15.7. The molecule has 0 aliphatic heterocycles. The molecule has 0 spiro atoms. The summed E-state index contributed by atoms with van der Waals surface area (Å²) in [4.78, 5) is 16.9. The third-order valence-corrected chi connectivity index (χ3v) is 4.17. The maximum Gasteiger partial charge on any atom is 0.383 e. The highest BCUT2D eigenvalue weighted by Gasteiger charge is 2.49. The highest BCUT2D eigenvalue weighted by atomic mass is 19.3. The van der Waals surface area contributed by atoms with Crippen molar-refractivity contribution in [2.45, 2.75) is 24.7 Å². The lowest BCUT2D eigenvalue weighted by Gasteiger charge is -2.17. The van der Waals surface area contributed by atoms with E-state index in [1.54, 1.807) is 6.07 Å². The number of benzene rings is 1. The quantitative estimate of drug-likeness (QED) is 0.504. The van der Waals surface area contributed by atoms with Crippen molar-refractivity contribution in [3.05, 3.63) is 53.1 Å². The number of nitrogens with one attached hydrogen (secondary N) is 2. The highest BCUT2D eigenvalue weighted by molar-refractivity contribution is 5.95. The predicted octanol–water partition coefficient (Wildman–Crippen LogP) is 2.87. The number of hydroxylamine groups is 1. The predicted molar refractivity (Wildman–Crippen MR) is 81.8 cm³/mol. The number of carbonyl (C=O) groups excluding carboxylic acids is 1. The number of hydrogen-bond acceptors (Lipinski definition) is 4. The maximum atomic E-state index is 13.5. The van der Waals surface area contributed by atoms with Gasteiger partial charge in [-0.1, -0.05) is 12.1 Å². The SMILES string of the molecule is [H]/N=C(\NOC(=O)c1cc(C(F)F)n(C)n1)C1(c2cccc(F)c2)CC1. The van der Waals surface area contributed by atoms with E-state index in [0.29, 0.717) is 18.4 Å². The minimum atomic E-state index is -2.78. The lowest BCUT2D eigenvalue weighted by Crippen LogP contribution is -2.36. The number of aromatic nitrogens is 2. The van der Waals surface area contributed by atoms with Crippen LogP contribution in [0.5, 0.6) is 0 Å². The van der Waals surface area contributed by atoms with Gasteiger partial charge < -0.3 is 4.84 Å². The second kappa shape index (κ2) is 6.23. The zero-order valence-corrected chi connectivity index (χ0v) is 13.2. The number of rotatable bonds is 4. The Labute approximate surface area is 142 Å². The van der Waals surface area contributed by atoms with Gasteiger partial charge in [0.2, 0.25) is 0 Å². The maximum absolute atomic E-state index is 13.5. The van der Waals surface area contributed by atoms with E-state index in [1.807, 2.05) is 0 Å². The van der Waals surface area contributed by atoms with E-state index in [4.69, 9.17) is 6.25 Å². The molecule has 1 fully saturated rings. The Bertz CT molecular complexity index is 865. The standard InChI is InChI=1S/C16H15F3N4O2/c1-23-12(13(18)19)8-11(21-23)14(24)25-22-15(20)16(5-6-16)9-3-2-4-10(17)7-9/h2-4,7-8,13H,5-6H2,1H3,(H2,20,22). The van der Waals surface area contributed by atoms with E-state index in [1.165, 1.54) is 25.2 Å². The molecule has 6 nitrogen and oxygen atoms in total. The van der Waals surface area contributed by atoms with Gasteiger partial charge in [-0.2, -0.15) is 5.10 Å². The van der Waals surface area contributed by atoms with Crippen molar-refractivity contribution >= 4 is 11.8 Å². The van der Waals surface area contributed by atoms with Crippen LogP contribution < -0.4 is 5.48 Å². The normalized spacial score (nSPS) is 16.5. The fraction of sp³-hybridized carbons (Fsp3) is 0.312. The van der Waals surface area contributed by atoms with Crippen LogP contribution in [0.3, 0.4) is 0 Å². The Balaban J connectivity index is 1.72. The highest BCUT2D eigenvalue weighted by Crippen LogP contribution is 2.48. The molecule has 1 heterocycles. The fourth-order valence-corrected chi connectivity index (χ4v) is 2.60. The van der Waals surface area contributed by atoms with Crippen LogP contribution in [0.15, 0.2) is 30.3 Å². The number of amidine groups is 1. The van der Waals surface area contributed by atoms with Crippen molar-refractivity contribution < 1.29 is 24.2 Å². The van der Waals surface area contributed by atoms with Crippen molar-refractivity contribution in [2.24, 2.45) is 7.05 Å². The van der Waals surface area contributed by atoms with E-state index in [0.717, 1.165) is 10.7 Å². The molecule has 3 rings (SSSR count). The first-order valence-corrected chi connectivity index (χ1v) is 7.45. The average Bonchev–Trinajstić information content (AvgIpc) is 3.31. The molecule has 1 aliphatic carbocycles.